The maximum atomic E-state index is 8.90. The quantitative estimate of drug-likeness (QED) is 0.849. The first-order valence-electron chi connectivity index (χ1n) is 5.84. The Morgan fingerprint density at radius 1 is 1.41 bits per heavy atom. The molecule has 0 aliphatic rings. The molecule has 1 unspecified atom stereocenters. The molecule has 0 radical (unpaired) electrons. The second-order valence-electron chi connectivity index (χ2n) is 4.59. The van der Waals surface area contributed by atoms with Crippen LogP contribution < -0.4 is 5.32 Å². The summed E-state index contributed by atoms with van der Waals surface area (Å²) in [6, 6.07) is 8.10. The molecule has 0 saturated heterocycles. The van der Waals surface area contributed by atoms with Crippen LogP contribution in [0.5, 0.6) is 0 Å². The second kappa shape index (κ2) is 6.27. The highest BCUT2D eigenvalue weighted by Crippen LogP contribution is 2.19. The summed E-state index contributed by atoms with van der Waals surface area (Å²) in [5.41, 5.74) is 2.84. The van der Waals surface area contributed by atoms with Gasteiger partial charge < -0.3 is 10.1 Å². The molecular weight excluding hydrogens is 212 g/mol. The highest BCUT2D eigenvalue weighted by atomic mass is 16.5. The van der Waals surface area contributed by atoms with E-state index in [1.165, 1.54) is 0 Å². The normalized spacial score (nSPS) is 12.2. The molecule has 1 N–H and O–H groups in total. The zero-order valence-electron chi connectivity index (χ0n) is 10.9. The summed E-state index contributed by atoms with van der Waals surface area (Å²) in [6.07, 6.45) is 0. The van der Waals surface area contributed by atoms with Crippen LogP contribution in [0.3, 0.4) is 0 Å². The zero-order chi connectivity index (χ0) is 12.8. The van der Waals surface area contributed by atoms with Gasteiger partial charge in [0.2, 0.25) is 0 Å². The van der Waals surface area contributed by atoms with Crippen LogP contribution in [0, 0.1) is 24.2 Å². The fourth-order valence-electron chi connectivity index (χ4n) is 1.63. The highest BCUT2D eigenvalue weighted by molar-refractivity contribution is 5.55. The van der Waals surface area contributed by atoms with E-state index in [1.807, 2.05) is 25.1 Å². The fourth-order valence-corrected chi connectivity index (χ4v) is 1.63. The number of benzene rings is 1. The molecule has 0 bridgehead atoms. The summed E-state index contributed by atoms with van der Waals surface area (Å²) in [7, 11) is 1.70. The van der Waals surface area contributed by atoms with Gasteiger partial charge in [0.1, 0.15) is 0 Å². The minimum atomic E-state index is 0.257. The van der Waals surface area contributed by atoms with Crippen molar-refractivity contribution in [2.45, 2.75) is 26.8 Å². The van der Waals surface area contributed by atoms with E-state index in [9.17, 15) is 0 Å². The van der Waals surface area contributed by atoms with Gasteiger partial charge in [0.05, 0.1) is 24.3 Å². The van der Waals surface area contributed by atoms with Gasteiger partial charge in [-0.15, -0.1) is 0 Å². The topological polar surface area (TPSA) is 45.0 Å². The molecular formula is C14H20N2O. The number of ether oxygens (including phenoxy) is 1. The van der Waals surface area contributed by atoms with E-state index >= 15 is 0 Å². The largest absolute Gasteiger partial charge is 0.383 e. The Kier molecular flexibility index (Phi) is 4.99. The molecule has 0 heterocycles. The van der Waals surface area contributed by atoms with Gasteiger partial charge in [0, 0.05) is 12.8 Å². The van der Waals surface area contributed by atoms with Crippen molar-refractivity contribution in [3.8, 4) is 6.07 Å². The van der Waals surface area contributed by atoms with Crippen LogP contribution >= 0.6 is 0 Å². The van der Waals surface area contributed by atoms with Gasteiger partial charge in [-0.1, -0.05) is 19.9 Å². The first kappa shape index (κ1) is 13.5. The first-order chi connectivity index (χ1) is 8.08. The van der Waals surface area contributed by atoms with E-state index in [0.717, 1.165) is 11.3 Å². The Morgan fingerprint density at radius 3 is 2.65 bits per heavy atom. The molecule has 0 spiro atoms. The summed E-state index contributed by atoms with van der Waals surface area (Å²) >= 11 is 0. The van der Waals surface area contributed by atoms with Crippen molar-refractivity contribution in [3.05, 3.63) is 29.3 Å². The molecule has 0 aromatic heterocycles. The van der Waals surface area contributed by atoms with Crippen molar-refractivity contribution in [1.82, 2.24) is 0 Å². The van der Waals surface area contributed by atoms with E-state index in [0.29, 0.717) is 18.1 Å². The number of nitrogens with zero attached hydrogens (tertiary/aromatic N) is 1. The molecule has 0 aliphatic carbocycles. The molecule has 0 saturated carbocycles. The molecule has 1 aromatic carbocycles. The molecule has 92 valence electrons. The molecule has 0 amide bonds. The van der Waals surface area contributed by atoms with Gasteiger partial charge >= 0.3 is 0 Å². The van der Waals surface area contributed by atoms with E-state index in [1.54, 1.807) is 7.11 Å². The van der Waals surface area contributed by atoms with Gasteiger partial charge in [-0.3, -0.25) is 0 Å². The summed E-state index contributed by atoms with van der Waals surface area (Å²) in [4.78, 5) is 0. The standard InChI is InChI=1S/C14H20N2O/c1-10(2)14(9-17-4)16-13-7-12(8-15)6-5-11(13)3/h5-7,10,14,16H,9H2,1-4H3. The van der Waals surface area contributed by atoms with Crippen LogP contribution in [0.15, 0.2) is 18.2 Å². The number of anilines is 1. The minimum absolute atomic E-state index is 0.257. The first-order valence-corrected chi connectivity index (χ1v) is 5.84. The fraction of sp³-hybridized carbons (Fsp3) is 0.500. The summed E-state index contributed by atoms with van der Waals surface area (Å²) in [5.74, 6) is 0.472. The third-order valence-electron chi connectivity index (χ3n) is 2.86. The predicted octanol–water partition coefficient (Wildman–Crippen LogP) is 2.95. The van der Waals surface area contributed by atoms with E-state index in [-0.39, 0.29) is 6.04 Å². The second-order valence-corrected chi connectivity index (χ2v) is 4.59. The number of nitriles is 1. The third-order valence-corrected chi connectivity index (χ3v) is 2.86. The number of rotatable bonds is 5. The van der Waals surface area contributed by atoms with Crippen LogP contribution in [-0.4, -0.2) is 19.8 Å². The lowest BCUT2D eigenvalue weighted by atomic mass is 10.0. The zero-order valence-corrected chi connectivity index (χ0v) is 10.9. The monoisotopic (exact) mass is 232 g/mol. The lowest BCUT2D eigenvalue weighted by Gasteiger charge is -2.23. The highest BCUT2D eigenvalue weighted by Gasteiger charge is 2.13. The number of aryl methyl sites for hydroxylation is 1. The average Bonchev–Trinajstić information content (AvgIpc) is 2.31. The molecule has 0 fully saturated rings. The molecule has 1 atom stereocenters. The molecule has 1 rings (SSSR count). The molecule has 1 aromatic rings. The Bertz CT molecular complexity index is 407. The van der Waals surface area contributed by atoms with Crippen molar-refractivity contribution in [1.29, 1.82) is 5.26 Å². The third kappa shape index (κ3) is 3.76. The number of methoxy groups -OCH3 is 1. The van der Waals surface area contributed by atoms with Crippen LogP contribution in [-0.2, 0) is 4.74 Å². The Balaban J connectivity index is 2.88. The van der Waals surface area contributed by atoms with Gasteiger partial charge in [-0.25, -0.2) is 0 Å². The molecule has 0 aliphatic heterocycles. The van der Waals surface area contributed by atoms with Gasteiger partial charge in [0.15, 0.2) is 0 Å². The van der Waals surface area contributed by atoms with Crippen molar-refractivity contribution in [2.75, 3.05) is 19.0 Å². The number of hydrogen-bond acceptors (Lipinski definition) is 3. The van der Waals surface area contributed by atoms with Crippen LogP contribution in [0.2, 0.25) is 0 Å². The number of hydrogen-bond donors (Lipinski definition) is 1. The SMILES string of the molecule is COCC(Nc1cc(C#N)ccc1C)C(C)C. The van der Waals surface area contributed by atoms with Crippen molar-refractivity contribution in [3.63, 3.8) is 0 Å². The Morgan fingerprint density at radius 2 is 2.12 bits per heavy atom. The lowest BCUT2D eigenvalue weighted by molar-refractivity contribution is 0.171. The summed E-state index contributed by atoms with van der Waals surface area (Å²) < 4.78 is 5.21. The van der Waals surface area contributed by atoms with Crippen molar-refractivity contribution < 1.29 is 4.74 Å². The smallest absolute Gasteiger partial charge is 0.0992 e. The molecule has 17 heavy (non-hydrogen) atoms. The van der Waals surface area contributed by atoms with Crippen molar-refractivity contribution in [2.24, 2.45) is 5.92 Å². The van der Waals surface area contributed by atoms with Crippen LogP contribution in [0.25, 0.3) is 0 Å². The average molecular weight is 232 g/mol. The molecule has 3 heteroatoms. The Labute approximate surface area is 103 Å². The van der Waals surface area contributed by atoms with Gasteiger partial charge in [0.25, 0.3) is 0 Å². The van der Waals surface area contributed by atoms with E-state index < -0.39 is 0 Å². The van der Waals surface area contributed by atoms with E-state index in [2.05, 4.69) is 25.2 Å². The van der Waals surface area contributed by atoms with Gasteiger partial charge in [-0.2, -0.15) is 5.26 Å². The lowest BCUT2D eigenvalue weighted by Crippen LogP contribution is -2.30. The van der Waals surface area contributed by atoms with Gasteiger partial charge in [-0.05, 0) is 30.5 Å². The maximum Gasteiger partial charge on any atom is 0.0992 e. The van der Waals surface area contributed by atoms with Crippen LogP contribution in [0.1, 0.15) is 25.0 Å². The summed E-state index contributed by atoms with van der Waals surface area (Å²) in [5, 5.41) is 12.3. The van der Waals surface area contributed by atoms with Crippen LogP contribution in [0.4, 0.5) is 5.69 Å². The maximum absolute atomic E-state index is 8.90. The number of nitrogens with one attached hydrogen (secondary N) is 1. The predicted molar refractivity (Wildman–Crippen MR) is 70.0 cm³/mol. The molecule has 3 nitrogen and oxygen atoms in total. The summed E-state index contributed by atoms with van der Waals surface area (Å²) in [6.45, 7) is 7.00. The van der Waals surface area contributed by atoms with E-state index in [4.69, 9.17) is 10.00 Å². The van der Waals surface area contributed by atoms with Crippen molar-refractivity contribution >= 4 is 5.69 Å². The Hall–Kier alpha value is -1.53. The minimum Gasteiger partial charge on any atom is -0.383 e.